The molecule has 10 heteroatoms. The van der Waals surface area contributed by atoms with E-state index in [2.05, 4.69) is 10.3 Å². The maximum Gasteiger partial charge on any atom is 0.242 e. The number of sulfonamides is 1. The minimum absolute atomic E-state index is 0.0376. The highest BCUT2D eigenvalue weighted by Gasteiger charge is 2.19. The van der Waals surface area contributed by atoms with E-state index in [9.17, 15) is 12.8 Å². The molecule has 138 valence electrons. The van der Waals surface area contributed by atoms with Gasteiger partial charge in [0, 0.05) is 19.7 Å². The van der Waals surface area contributed by atoms with Gasteiger partial charge in [0.2, 0.25) is 10.0 Å². The Morgan fingerprint density at radius 3 is 2.65 bits per heavy atom. The number of methoxy groups -OCH3 is 1. The highest BCUT2D eigenvalue weighted by atomic mass is 32.2. The van der Waals surface area contributed by atoms with Crippen molar-refractivity contribution in [3.63, 3.8) is 0 Å². The number of rotatable bonds is 6. The maximum absolute atomic E-state index is 13.4. The lowest BCUT2D eigenvalue weighted by Gasteiger charge is -2.12. The van der Waals surface area contributed by atoms with Crippen LogP contribution in [0, 0.1) is 5.82 Å². The molecule has 0 aliphatic heterocycles. The molecule has 0 aliphatic carbocycles. The van der Waals surface area contributed by atoms with Gasteiger partial charge in [0.15, 0.2) is 0 Å². The molecule has 0 N–H and O–H groups in total. The predicted molar refractivity (Wildman–Crippen MR) is 91.6 cm³/mol. The molecule has 0 aliphatic rings. The summed E-state index contributed by atoms with van der Waals surface area (Å²) in [6, 6.07) is 8.49. The molecule has 0 fully saturated rings. The summed E-state index contributed by atoms with van der Waals surface area (Å²) in [5, 5.41) is 7.79. The number of aromatic nitrogens is 3. The zero-order valence-electron chi connectivity index (χ0n) is 14.4. The first-order chi connectivity index (χ1) is 12.3. The average molecular weight is 380 g/mol. The Morgan fingerprint density at radius 1 is 1.19 bits per heavy atom. The fourth-order valence-electron chi connectivity index (χ4n) is 2.34. The second-order valence-corrected chi connectivity index (χ2v) is 7.78. The van der Waals surface area contributed by atoms with Crippen molar-refractivity contribution in [2.24, 2.45) is 0 Å². The zero-order chi connectivity index (χ0) is 18.9. The van der Waals surface area contributed by atoms with E-state index >= 15 is 0 Å². The Kier molecular flexibility index (Phi) is 4.79. The first-order valence-electron chi connectivity index (χ1n) is 7.56. The Morgan fingerprint density at radius 2 is 1.96 bits per heavy atom. The summed E-state index contributed by atoms with van der Waals surface area (Å²) in [6.45, 7) is -0.0376. The number of ether oxygens (including phenoxy) is 1. The molecule has 3 rings (SSSR count). The van der Waals surface area contributed by atoms with Crippen LogP contribution in [0.15, 0.2) is 41.3 Å². The van der Waals surface area contributed by atoms with Gasteiger partial charge < -0.3 is 9.57 Å². The average Bonchev–Trinajstić information content (AvgIpc) is 3.02. The Labute approximate surface area is 149 Å². The molecular formula is C16H17FN4O4S. The first-order valence-corrected chi connectivity index (χ1v) is 9.00. The molecule has 2 aromatic carbocycles. The van der Waals surface area contributed by atoms with Gasteiger partial charge in [-0.1, -0.05) is 4.85 Å². The van der Waals surface area contributed by atoms with Crippen LogP contribution in [0.25, 0.3) is 11.0 Å². The van der Waals surface area contributed by atoms with Crippen LogP contribution < -0.4 is 9.57 Å². The minimum atomic E-state index is -3.61. The lowest BCUT2D eigenvalue weighted by atomic mass is 10.2. The normalized spacial score (nSPS) is 11.9. The van der Waals surface area contributed by atoms with Gasteiger partial charge in [-0.15, -0.1) is 5.10 Å². The topological polar surface area (TPSA) is 86.5 Å². The molecule has 0 amide bonds. The standard InChI is InChI=1S/C16H17FN4O4S/c1-20(2)26(22,23)13-5-6-14-15(9-13)21(19-18-14)25-10-11-8-12(17)4-7-16(11)24-3/h4-9H,10H2,1-3H3. The van der Waals surface area contributed by atoms with E-state index in [4.69, 9.17) is 9.57 Å². The molecule has 0 saturated carbocycles. The van der Waals surface area contributed by atoms with Crippen molar-refractivity contribution in [2.75, 3.05) is 21.2 Å². The highest BCUT2D eigenvalue weighted by molar-refractivity contribution is 7.89. The summed E-state index contributed by atoms with van der Waals surface area (Å²) in [6.07, 6.45) is 0. The second-order valence-electron chi connectivity index (χ2n) is 5.63. The van der Waals surface area contributed by atoms with Crippen molar-refractivity contribution in [1.29, 1.82) is 0 Å². The van der Waals surface area contributed by atoms with Gasteiger partial charge in [0.1, 0.15) is 29.2 Å². The van der Waals surface area contributed by atoms with Crippen LogP contribution in [-0.2, 0) is 16.6 Å². The summed E-state index contributed by atoms with van der Waals surface area (Å²) in [7, 11) is 0.758. The van der Waals surface area contributed by atoms with E-state index in [0.717, 1.165) is 9.15 Å². The molecule has 0 saturated heterocycles. The predicted octanol–water partition coefficient (Wildman–Crippen LogP) is 1.46. The lowest BCUT2D eigenvalue weighted by molar-refractivity contribution is 0.0737. The monoisotopic (exact) mass is 380 g/mol. The highest BCUT2D eigenvalue weighted by Crippen LogP contribution is 2.21. The molecular weight excluding hydrogens is 363 g/mol. The fraction of sp³-hybridized carbons (Fsp3) is 0.250. The summed E-state index contributed by atoms with van der Waals surface area (Å²) in [4.78, 5) is 6.75. The van der Waals surface area contributed by atoms with E-state index in [-0.39, 0.29) is 11.5 Å². The van der Waals surface area contributed by atoms with Gasteiger partial charge in [0.05, 0.1) is 12.0 Å². The van der Waals surface area contributed by atoms with Crippen LogP contribution >= 0.6 is 0 Å². The van der Waals surface area contributed by atoms with Crippen LogP contribution in [0.5, 0.6) is 5.75 Å². The van der Waals surface area contributed by atoms with Crippen molar-refractivity contribution in [2.45, 2.75) is 11.5 Å². The van der Waals surface area contributed by atoms with Crippen LogP contribution in [0.4, 0.5) is 4.39 Å². The van der Waals surface area contributed by atoms with Crippen LogP contribution in [0.1, 0.15) is 5.56 Å². The maximum atomic E-state index is 13.4. The molecule has 0 bridgehead atoms. The SMILES string of the molecule is COc1ccc(F)cc1COn1nnc2ccc(S(=O)(=O)N(C)C)cc21. The van der Waals surface area contributed by atoms with Crippen molar-refractivity contribution in [3.05, 3.63) is 47.8 Å². The number of fused-ring (bicyclic) bond motifs is 1. The van der Waals surface area contributed by atoms with E-state index in [0.29, 0.717) is 22.3 Å². The quantitative estimate of drug-likeness (QED) is 0.644. The molecule has 0 spiro atoms. The summed E-state index contributed by atoms with van der Waals surface area (Å²) >= 11 is 0. The van der Waals surface area contributed by atoms with Crippen molar-refractivity contribution in [3.8, 4) is 5.75 Å². The number of halogens is 1. The van der Waals surface area contributed by atoms with Gasteiger partial charge in [-0.2, -0.15) is 0 Å². The first kappa shape index (κ1) is 18.1. The van der Waals surface area contributed by atoms with E-state index < -0.39 is 15.8 Å². The smallest absolute Gasteiger partial charge is 0.242 e. The number of hydrogen-bond donors (Lipinski definition) is 0. The van der Waals surface area contributed by atoms with E-state index in [1.165, 1.54) is 51.5 Å². The molecule has 1 heterocycles. The Bertz CT molecular complexity index is 1050. The number of hydrogen-bond acceptors (Lipinski definition) is 6. The molecule has 0 atom stereocenters. The summed E-state index contributed by atoms with van der Waals surface area (Å²) in [5.74, 6) is 0.0407. The molecule has 8 nitrogen and oxygen atoms in total. The minimum Gasteiger partial charge on any atom is -0.496 e. The largest absolute Gasteiger partial charge is 0.496 e. The third-order valence-electron chi connectivity index (χ3n) is 3.75. The molecule has 3 aromatic rings. The zero-order valence-corrected chi connectivity index (χ0v) is 15.2. The Hall–Kier alpha value is -2.72. The van der Waals surface area contributed by atoms with Gasteiger partial charge in [-0.05, 0) is 41.6 Å². The molecule has 26 heavy (non-hydrogen) atoms. The van der Waals surface area contributed by atoms with Crippen LogP contribution in [0.2, 0.25) is 0 Å². The van der Waals surface area contributed by atoms with Crippen molar-refractivity contribution < 1.29 is 22.4 Å². The van der Waals surface area contributed by atoms with Crippen molar-refractivity contribution >= 4 is 21.1 Å². The lowest BCUT2D eigenvalue weighted by Crippen LogP contribution is -2.22. The fourth-order valence-corrected chi connectivity index (χ4v) is 3.26. The van der Waals surface area contributed by atoms with E-state index in [1.807, 2.05) is 0 Å². The van der Waals surface area contributed by atoms with Gasteiger partial charge in [0.25, 0.3) is 0 Å². The molecule has 0 radical (unpaired) electrons. The Balaban J connectivity index is 1.93. The van der Waals surface area contributed by atoms with Gasteiger partial charge in [-0.25, -0.2) is 17.1 Å². The number of nitrogens with zero attached hydrogens (tertiary/aromatic N) is 4. The van der Waals surface area contributed by atoms with Gasteiger partial charge >= 0.3 is 0 Å². The summed E-state index contributed by atoms with van der Waals surface area (Å²) < 4.78 is 44.3. The summed E-state index contributed by atoms with van der Waals surface area (Å²) in [5.41, 5.74) is 1.32. The third-order valence-corrected chi connectivity index (χ3v) is 5.56. The second kappa shape index (κ2) is 6.89. The third kappa shape index (κ3) is 3.33. The molecule has 0 unspecified atom stereocenters. The van der Waals surface area contributed by atoms with Crippen LogP contribution in [0.3, 0.4) is 0 Å². The van der Waals surface area contributed by atoms with Crippen molar-refractivity contribution in [1.82, 2.24) is 19.5 Å². The van der Waals surface area contributed by atoms with E-state index in [1.54, 1.807) is 6.07 Å². The van der Waals surface area contributed by atoms with Gasteiger partial charge in [-0.3, -0.25) is 0 Å². The molecule has 1 aromatic heterocycles. The van der Waals surface area contributed by atoms with Crippen LogP contribution in [-0.4, -0.2) is 49.1 Å². The number of benzene rings is 2.